The van der Waals surface area contributed by atoms with Crippen molar-refractivity contribution in [1.82, 2.24) is 4.90 Å². The molecule has 148 valence electrons. The van der Waals surface area contributed by atoms with Crippen LogP contribution in [0.4, 0.5) is 4.39 Å². The van der Waals surface area contributed by atoms with Gasteiger partial charge in [0.2, 0.25) is 0 Å². The zero-order valence-electron chi connectivity index (χ0n) is 16.6. The van der Waals surface area contributed by atoms with Crippen LogP contribution in [0.1, 0.15) is 48.3 Å². The summed E-state index contributed by atoms with van der Waals surface area (Å²) in [5.74, 6) is -0.0808. The third-order valence-electron chi connectivity index (χ3n) is 5.19. The summed E-state index contributed by atoms with van der Waals surface area (Å²) in [5.41, 5.74) is 3.48. The van der Waals surface area contributed by atoms with E-state index >= 15 is 0 Å². The van der Waals surface area contributed by atoms with Gasteiger partial charge >= 0.3 is 5.97 Å². The highest BCUT2D eigenvalue weighted by Gasteiger charge is 2.24. The van der Waals surface area contributed by atoms with Crippen LogP contribution in [0, 0.1) is 5.82 Å². The van der Waals surface area contributed by atoms with Crippen LogP contribution >= 0.6 is 0 Å². The maximum Gasteiger partial charge on any atom is 0.331 e. The van der Waals surface area contributed by atoms with Gasteiger partial charge in [0, 0.05) is 12.6 Å². The van der Waals surface area contributed by atoms with Gasteiger partial charge in [-0.3, -0.25) is 0 Å². The van der Waals surface area contributed by atoms with E-state index in [1.165, 1.54) is 29.3 Å². The fourth-order valence-electron chi connectivity index (χ4n) is 3.72. The van der Waals surface area contributed by atoms with E-state index < -0.39 is 0 Å². The van der Waals surface area contributed by atoms with Gasteiger partial charge in [-0.15, -0.1) is 0 Å². The lowest BCUT2D eigenvalue weighted by Gasteiger charge is -2.28. The summed E-state index contributed by atoms with van der Waals surface area (Å²) >= 11 is 0. The topological polar surface area (TPSA) is 29.5 Å². The van der Waals surface area contributed by atoms with Crippen molar-refractivity contribution in [3.05, 3.63) is 77.1 Å². The minimum absolute atomic E-state index is 0.0189. The second-order valence-electron chi connectivity index (χ2n) is 7.77. The Morgan fingerprint density at radius 3 is 2.29 bits per heavy atom. The summed E-state index contributed by atoms with van der Waals surface area (Å²) in [6.07, 6.45) is 6.90. The highest BCUT2D eigenvalue weighted by molar-refractivity contribution is 5.87. The van der Waals surface area contributed by atoms with E-state index in [0.29, 0.717) is 5.92 Å². The second kappa shape index (κ2) is 9.65. The lowest BCUT2D eigenvalue weighted by Crippen LogP contribution is -2.23. The molecule has 0 unspecified atom stereocenters. The van der Waals surface area contributed by atoms with Gasteiger partial charge in [-0.1, -0.05) is 36.4 Å². The molecule has 1 fully saturated rings. The third kappa shape index (κ3) is 6.03. The van der Waals surface area contributed by atoms with Crippen LogP contribution in [0.2, 0.25) is 0 Å². The van der Waals surface area contributed by atoms with Crippen LogP contribution in [0.3, 0.4) is 0 Å². The summed E-state index contributed by atoms with van der Waals surface area (Å²) < 4.78 is 18.5. The second-order valence-corrected chi connectivity index (χ2v) is 7.77. The van der Waals surface area contributed by atoms with E-state index in [2.05, 4.69) is 43.3 Å². The molecule has 0 aliphatic heterocycles. The molecule has 0 aromatic heterocycles. The molecule has 0 bridgehead atoms. The Kier molecular flexibility index (Phi) is 6.99. The first-order valence-corrected chi connectivity index (χ1v) is 9.87. The van der Waals surface area contributed by atoms with E-state index in [-0.39, 0.29) is 17.9 Å². The van der Waals surface area contributed by atoms with Gasteiger partial charge in [-0.2, -0.15) is 0 Å². The van der Waals surface area contributed by atoms with Crippen molar-refractivity contribution in [2.75, 3.05) is 14.1 Å². The minimum atomic E-state index is -0.333. The Hall–Kier alpha value is -2.46. The summed E-state index contributed by atoms with van der Waals surface area (Å²) in [6, 6.07) is 14.9. The van der Waals surface area contributed by atoms with Crippen LogP contribution < -0.4 is 0 Å². The summed E-state index contributed by atoms with van der Waals surface area (Å²) in [4.78, 5) is 14.2. The van der Waals surface area contributed by atoms with Crippen LogP contribution in [-0.2, 0) is 16.1 Å². The first kappa shape index (κ1) is 20.3. The Morgan fingerprint density at radius 1 is 1.04 bits per heavy atom. The standard InChI is InChI=1S/C24H28FNO2/c1-26(2)17-19-3-8-20(9-4-19)21-10-14-23(15-11-21)28-24(27)16-7-18-5-12-22(25)13-6-18/h3-9,12-13,16,21,23H,10-11,14-15,17H2,1-2H3/t21-,23+. The quantitative estimate of drug-likeness (QED) is 0.511. The number of hydrogen-bond donors (Lipinski definition) is 0. The Balaban J connectivity index is 1.45. The third-order valence-corrected chi connectivity index (χ3v) is 5.19. The number of carbonyl (C=O) groups is 1. The van der Waals surface area contributed by atoms with Crippen molar-refractivity contribution < 1.29 is 13.9 Å². The number of halogens is 1. The van der Waals surface area contributed by atoms with Crippen LogP contribution in [-0.4, -0.2) is 31.1 Å². The van der Waals surface area contributed by atoms with E-state index in [1.807, 2.05) is 0 Å². The van der Waals surface area contributed by atoms with Crippen LogP contribution in [0.15, 0.2) is 54.6 Å². The summed E-state index contributed by atoms with van der Waals surface area (Å²) in [5, 5.41) is 0. The summed E-state index contributed by atoms with van der Waals surface area (Å²) in [6.45, 7) is 0.953. The SMILES string of the molecule is CN(C)Cc1ccc([C@H]2CC[C@@H](OC(=O)C=Cc3ccc(F)cc3)CC2)cc1. The van der Waals surface area contributed by atoms with E-state index in [4.69, 9.17) is 4.74 Å². The van der Waals surface area contributed by atoms with Crippen LogP contribution in [0.25, 0.3) is 6.08 Å². The Morgan fingerprint density at radius 2 is 1.68 bits per heavy atom. The number of benzene rings is 2. The predicted octanol–water partition coefficient (Wildman–Crippen LogP) is 5.17. The van der Waals surface area contributed by atoms with Gasteiger partial charge < -0.3 is 9.64 Å². The molecule has 0 N–H and O–H groups in total. The van der Waals surface area contributed by atoms with Crippen molar-refractivity contribution in [3.8, 4) is 0 Å². The predicted molar refractivity (Wildman–Crippen MR) is 110 cm³/mol. The zero-order chi connectivity index (χ0) is 19.9. The molecule has 0 atom stereocenters. The smallest absolute Gasteiger partial charge is 0.331 e. The number of esters is 1. The van der Waals surface area contributed by atoms with Gasteiger partial charge in [0.05, 0.1) is 0 Å². The molecule has 1 aliphatic rings. The molecule has 2 aromatic rings. The normalized spacial score (nSPS) is 19.9. The fourth-order valence-corrected chi connectivity index (χ4v) is 3.72. The first-order chi connectivity index (χ1) is 13.5. The van der Waals surface area contributed by atoms with Crippen molar-refractivity contribution >= 4 is 12.0 Å². The number of nitrogens with zero attached hydrogens (tertiary/aromatic N) is 1. The first-order valence-electron chi connectivity index (χ1n) is 9.87. The maximum absolute atomic E-state index is 12.9. The molecule has 3 nitrogen and oxygen atoms in total. The fraction of sp³-hybridized carbons (Fsp3) is 0.375. The van der Waals surface area contributed by atoms with Gasteiger partial charge in [-0.25, -0.2) is 9.18 Å². The average molecular weight is 381 g/mol. The number of hydrogen-bond acceptors (Lipinski definition) is 3. The maximum atomic E-state index is 12.9. The monoisotopic (exact) mass is 381 g/mol. The lowest BCUT2D eigenvalue weighted by molar-refractivity contribution is -0.144. The highest BCUT2D eigenvalue weighted by Crippen LogP contribution is 2.34. The molecule has 2 aromatic carbocycles. The lowest BCUT2D eigenvalue weighted by atomic mass is 9.82. The molecular formula is C24H28FNO2. The van der Waals surface area contributed by atoms with Gasteiger partial charge in [0.15, 0.2) is 0 Å². The van der Waals surface area contributed by atoms with Crippen molar-refractivity contribution in [1.29, 1.82) is 0 Å². The molecule has 3 rings (SSSR count). The minimum Gasteiger partial charge on any atom is -0.459 e. The van der Waals surface area contributed by atoms with Gasteiger partial charge in [0.1, 0.15) is 11.9 Å². The molecule has 1 saturated carbocycles. The Bertz CT molecular complexity index is 788. The van der Waals surface area contributed by atoms with Gasteiger partial charge in [-0.05, 0) is 80.6 Å². The number of carbonyl (C=O) groups excluding carboxylic acids is 1. The molecule has 4 heteroatoms. The zero-order valence-corrected chi connectivity index (χ0v) is 16.6. The molecule has 1 aliphatic carbocycles. The van der Waals surface area contributed by atoms with E-state index in [0.717, 1.165) is 37.8 Å². The van der Waals surface area contributed by atoms with Crippen LogP contribution in [0.5, 0.6) is 0 Å². The molecule has 0 amide bonds. The van der Waals surface area contributed by atoms with Crippen molar-refractivity contribution in [2.24, 2.45) is 0 Å². The van der Waals surface area contributed by atoms with E-state index in [9.17, 15) is 9.18 Å². The van der Waals surface area contributed by atoms with Crippen molar-refractivity contribution in [2.45, 2.75) is 44.2 Å². The molecule has 0 saturated heterocycles. The molecular weight excluding hydrogens is 353 g/mol. The molecule has 28 heavy (non-hydrogen) atoms. The molecule has 0 radical (unpaired) electrons. The summed E-state index contributed by atoms with van der Waals surface area (Å²) in [7, 11) is 4.15. The van der Waals surface area contributed by atoms with Crippen molar-refractivity contribution in [3.63, 3.8) is 0 Å². The van der Waals surface area contributed by atoms with E-state index in [1.54, 1.807) is 18.2 Å². The molecule has 0 heterocycles. The number of ether oxygens (including phenoxy) is 1. The average Bonchev–Trinajstić information content (AvgIpc) is 2.68. The number of rotatable bonds is 6. The molecule has 0 spiro atoms. The largest absolute Gasteiger partial charge is 0.459 e. The highest BCUT2D eigenvalue weighted by atomic mass is 19.1. The Labute approximate surface area is 166 Å². The van der Waals surface area contributed by atoms with Gasteiger partial charge in [0.25, 0.3) is 0 Å².